The molecule has 2 aromatic rings. The molecule has 1 aliphatic rings. The van der Waals surface area contributed by atoms with Crippen LogP contribution >= 0.6 is 15.9 Å². The van der Waals surface area contributed by atoms with E-state index < -0.39 is 0 Å². The molecular weight excluding hydrogens is 324 g/mol. The number of benzene rings is 2. The van der Waals surface area contributed by atoms with Crippen molar-refractivity contribution >= 4 is 32.4 Å². The van der Waals surface area contributed by atoms with E-state index in [4.69, 9.17) is 0 Å². The minimum absolute atomic E-state index is 0.514. The van der Waals surface area contributed by atoms with E-state index in [0.29, 0.717) is 6.04 Å². The van der Waals surface area contributed by atoms with Crippen molar-refractivity contribution in [2.75, 3.05) is 25.5 Å². The standard InChI is InChI=1S/C18H23BrN2/c1-13(16-4-3-9-21(2)12-16)20-18-8-6-14-10-17(19)7-5-15(14)11-18/h5-8,10-11,13,16,20H,3-4,9,12H2,1-2H3. The van der Waals surface area contributed by atoms with E-state index in [2.05, 4.69) is 76.5 Å². The number of halogens is 1. The molecule has 112 valence electrons. The number of hydrogen-bond donors (Lipinski definition) is 1. The van der Waals surface area contributed by atoms with Gasteiger partial charge >= 0.3 is 0 Å². The summed E-state index contributed by atoms with van der Waals surface area (Å²) in [5.74, 6) is 0.740. The van der Waals surface area contributed by atoms with Crippen molar-refractivity contribution in [3.05, 3.63) is 40.9 Å². The zero-order valence-electron chi connectivity index (χ0n) is 12.8. The van der Waals surface area contributed by atoms with Crippen LogP contribution in [-0.2, 0) is 0 Å². The summed E-state index contributed by atoms with van der Waals surface area (Å²) < 4.78 is 1.13. The molecule has 2 nitrogen and oxygen atoms in total. The maximum absolute atomic E-state index is 3.70. The van der Waals surface area contributed by atoms with Crippen LogP contribution < -0.4 is 5.32 Å². The van der Waals surface area contributed by atoms with E-state index in [9.17, 15) is 0 Å². The highest BCUT2D eigenvalue weighted by molar-refractivity contribution is 9.10. The zero-order chi connectivity index (χ0) is 14.8. The number of nitrogens with zero attached hydrogens (tertiary/aromatic N) is 1. The lowest BCUT2D eigenvalue weighted by atomic mass is 9.91. The van der Waals surface area contributed by atoms with Gasteiger partial charge in [0.25, 0.3) is 0 Å². The highest BCUT2D eigenvalue weighted by atomic mass is 79.9. The Kier molecular flexibility index (Phi) is 4.51. The molecule has 0 spiro atoms. The number of fused-ring (bicyclic) bond motifs is 1. The lowest BCUT2D eigenvalue weighted by molar-refractivity contribution is 0.197. The van der Waals surface area contributed by atoms with Gasteiger partial charge in [-0.1, -0.05) is 28.1 Å². The number of anilines is 1. The molecular formula is C18H23BrN2. The lowest BCUT2D eigenvalue weighted by Crippen LogP contribution is -2.39. The van der Waals surface area contributed by atoms with Crippen molar-refractivity contribution in [1.82, 2.24) is 4.90 Å². The molecule has 1 saturated heterocycles. The van der Waals surface area contributed by atoms with Gasteiger partial charge in [0.2, 0.25) is 0 Å². The Labute approximate surface area is 135 Å². The van der Waals surface area contributed by atoms with Crippen molar-refractivity contribution in [3.8, 4) is 0 Å². The molecule has 1 fully saturated rings. The Morgan fingerprint density at radius 3 is 2.76 bits per heavy atom. The van der Waals surface area contributed by atoms with Crippen molar-refractivity contribution in [3.63, 3.8) is 0 Å². The molecule has 3 heteroatoms. The van der Waals surface area contributed by atoms with Crippen molar-refractivity contribution in [2.24, 2.45) is 5.92 Å². The topological polar surface area (TPSA) is 15.3 Å². The third-order valence-electron chi connectivity index (χ3n) is 4.56. The predicted molar refractivity (Wildman–Crippen MR) is 95.0 cm³/mol. The molecule has 0 saturated carbocycles. The van der Waals surface area contributed by atoms with E-state index in [-0.39, 0.29) is 0 Å². The number of rotatable bonds is 3. The number of likely N-dealkylation sites (tertiary alicyclic amines) is 1. The minimum atomic E-state index is 0.514. The quantitative estimate of drug-likeness (QED) is 0.862. The average Bonchev–Trinajstić information content (AvgIpc) is 2.47. The smallest absolute Gasteiger partial charge is 0.0348 e. The summed E-state index contributed by atoms with van der Waals surface area (Å²) in [6, 6.07) is 13.6. The fourth-order valence-corrected chi connectivity index (χ4v) is 3.68. The highest BCUT2D eigenvalue weighted by Crippen LogP contribution is 2.25. The molecule has 1 N–H and O–H groups in total. The summed E-state index contributed by atoms with van der Waals surface area (Å²) in [4.78, 5) is 2.45. The Balaban J connectivity index is 1.73. The summed E-state index contributed by atoms with van der Waals surface area (Å²) in [6.07, 6.45) is 2.65. The molecule has 0 radical (unpaired) electrons. The second-order valence-corrected chi connectivity index (χ2v) is 7.22. The van der Waals surface area contributed by atoms with Crippen LogP contribution in [0.3, 0.4) is 0 Å². The van der Waals surface area contributed by atoms with Gasteiger partial charge in [0.1, 0.15) is 0 Å². The average molecular weight is 347 g/mol. The van der Waals surface area contributed by atoms with Gasteiger partial charge in [0.05, 0.1) is 0 Å². The Morgan fingerprint density at radius 2 is 1.95 bits per heavy atom. The SMILES string of the molecule is CC(Nc1ccc2cc(Br)ccc2c1)C1CCCN(C)C1. The van der Waals surface area contributed by atoms with Gasteiger partial charge in [0, 0.05) is 22.7 Å². The van der Waals surface area contributed by atoms with E-state index in [1.165, 1.54) is 42.4 Å². The Hall–Kier alpha value is -1.06. The first-order valence-corrected chi connectivity index (χ1v) is 8.55. The first kappa shape index (κ1) is 14.9. The van der Waals surface area contributed by atoms with Crippen molar-refractivity contribution in [1.29, 1.82) is 0 Å². The Morgan fingerprint density at radius 1 is 1.19 bits per heavy atom. The first-order valence-electron chi connectivity index (χ1n) is 7.76. The second-order valence-electron chi connectivity index (χ2n) is 6.30. The fraction of sp³-hybridized carbons (Fsp3) is 0.444. The van der Waals surface area contributed by atoms with Gasteiger partial charge < -0.3 is 10.2 Å². The van der Waals surface area contributed by atoms with Crippen molar-refractivity contribution < 1.29 is 0 Å². The monoisotopic (exact) mass is 346 g/mol. The molecule has 1 aliphatic heterocycles. The largest absolute Gasteiger partial charge is 0.382 e. The third kappa shape index (κ3) is 3.58. The predicted octanol–water partition coefficient (Wildman–Crippen LogP) is 4.74. The van der Waals surface area contributed by atoms with Gasteiger partial charge in [-0.2, -0.15) is 0 Å². The molecule has 2 atom stereocenters. The van der Waals surface area contributed by atoms with Gasteiger partial charge in [0.15, 0.2) is 0 Å². The lowest BCUT2D eigenvalue weighted by Gasteiger charge is -2.34. The first-order chi connectivity index (χ1) is 10.1. The third-order valence-corrected chi connectivity index (χ3v) is 5.06. The van der Waals surface area contributed by atoms with E-state index >= 15 is 0 Å². The molecule has 2 unspecified atom stereocenters. The second kappa shape index (κ2) is 6.37. The van der Waals surface area contributed by atoms with Crippen LogP contribution in [0.25, 0.3) is 10.8 Å². The molecule has 3 rings (SSSR count). The van der Waals surface area contributed by atoms with E-state index in [1.54, 1.807) is 0 Å². The molecule has 0 aliphatic carbocycles. The fourth-order valence-electron chi connectivity index (χ4n) is 3.30. The molecule has 21 heavy (non-hydrogen) atoms. The number of hydrogen-bond acceptors (Lipinski definition) is 2. The zero-order valence-corrected chi connectivity index (χ0v) is 14.4. The summed E-state index contributed by atoms with van der Waals surface area (Å²) in [6.45, 7) is 4.76. The van der Waals surface area contributed by atoms with Crippen molar-refractivity contribution in [2.45, 2.75) is 25.8 Å². The van der Waals surface area contributed by atoms with Gasteiger partial charge in [-0.15, -0.1) is 0 Å². The maximum atomic E-state index is 3.70. The summed E-state index contributed by atoms with van der Waals surface area (Å²) in [5.41, 5.74) is 1.23. The number of piperidine rings is 1. The van der Waals surface area contributed by atoms with Crippen LogP contribution in [0.15, 0.2) is 40.9 Å². The van der Waals surface area contributed by atoms with Crippen LogP contribution in [0, 0.1) is 5.92 Å². The molecule has 0 aromatic heterocycles. The summed E-state index contributed by atoms with van der Waals surface area (Å²) >= 11 is 3.53. The van der Waals surface area contributed by atoms with Gasteiger partial charge in [-0.25, -0.2) is 0 Å². The highest BCUT2D eigenvalue weighted by Gasteiger charge is 2.22. The summed E-state index contributed by atoms with van der Waals surface area (Å²) in [7, 11) is 2.23. The van der Waals surface area contributed by atoms with Crippen LogP contribution in [0.4, 0.5) is 5.69 Å². The van der Waals surface area contributed by atoms with Crippen LogP contribution in [0.1, 0.15) is 19.8 Å². The van der Waals surface area contributed by atoms with Crippen LogP contribution in [0.5, 0.6) is 0 Å². The van der Waals surface area contributed by atoms with Crippen LogP contribution in [0.2, 0.25) is 0 Å². The number of nitrogens with one attached hydrogen (secondary N) is 1. The molecule has 0 bridgehead atoms. The van der Waals surface area contributed by atoms with E-state index in [0.717, 1.165) is 10.4 Å². The van der Waals surface area contributed by atoms with Crippen LogP contribution in [-0.4, -0.2) is 31.1 Å². The van der Waals surface area contributed by atoms with E-state index in [1.807, 2.05) is 0 Å². The minimum Gasteiger partial charge on any atom is -0.382 e. The maximum Gasteiger partial charge on any atom is 0.0348 e. The van der Waals surface area contributed by atoms with Gasteiger partial charge in [-0.05, 0) is 74.3 Å². The molecule has 1 heterocycles. The molecule has 2 aromatic carbocycles. The molecule has 0 amide bonds. The normalized spacial score (nSPS) is 21.4. The van der Waals surface area contributed by atoms with Gasteiger partial charge in [-0.3, -0.25) is 0 Å². The summed E-state index contributed by atoms with van der Waals surface area (Å²) in [5, 5.41) is 6.27. The Bertz CT molecular complexity index is 626.